The van der Waals surface area contributed by atoms with E-state index in [9.17, 15) is 4.79 Å². The van der Waals surface area contributed by atoms with Gasteiger partial charge in [0.05, 0.1) is 0 Å². The van der Waals surface area contributed by atoms with Crippen LogP contribution in [-0.2, 0) is 4.79 Å². The second-order valence-electron chi connectivity index (χ2n) is 3.82. The number of primary amides is 1. The maximum atomic E-state index is 10.8. The van der Waals surface area contributed by atoms with E-state index in [1.165, 1.54) is 19.3 Å². The molecule has 0 saturated heterocycles. The van der Waals surface area contributed by atoms with Crippen molar-refractivity contribution in [3.8, 4) is 0 Å². The van der Waals surface area contributed by atoms with E-state index in [0.29, 0.717) is 12.5 Å². The Bertz CT molecular complexity index is 148. The predicted molar refractivity (Wildman–Crippen MR) is 60.0 cm³/mol. The molecule has 14 heavy (non-hydrogen) atoms. The monoisotopic (exact) mass is 200 g/mol. The normalized spacial score (nSPS) is 12.7. The number of nitrogens with two attached hydrogens (primary N) is 1. The van der Waals surface area contributed by atoms with Crippen LogP contribution in [0.15, 0.2) is 0 Å². The van der Waals surface area contributed by atoms with Crippen LogP contribution in [-0.4, -0.2) is 18.5 Å². The van der Waals surface area contributed by atoms with Crippen LogP contribution in [0, 0.1) is 0 Å². The summed E-state index contributed by atoms with van der Waals surface area (Å²) in [6.07, 6.45) is 6.22. The zero-order chi connectivity index (χ0) is 10.8. The van der Waals surface area contributed by atoms with E-state index < -0.39 is 0 Å². The Kier molecular flexibility index (Phi) is 8.64. The Labute approximate surface area is 87.4 Å². The van der Waals surface area contributed by atoms with Gasteiger partial charge < -0.3 is 11.1 Å². The van der Waals surface area contributed by atoms with Crippen LogP contribution in [0.1, 0.15) is 52.4 Å². The van der Waals surface area contributed by atoms with Crippen LogP contribution in [0.4, 0.5) is 0 Å². The average Bonchev–Trinajstić information content (AvgIpc) is 2.13. The van der Waals surface area contributed by atoms with Crippen LogP contribution in [0.3, 0.4) is 0 Å². The highest BCUT2D eigenvalue weighted by atomic mass is 16.1. The summed E-state index contributed by atoms with van der Waals surface area (Å²) in [4.78, 5) is 10.8. The Morgan fingerprint density at radius 2 is 1.93 bits per heavy atom. The van der Waals surface area contributed by atoms with Gasteiger partial charge in [0.1, 0.15) is 0 Å². The molecular weight excluding hydrogens is 176 g/mol. The lowest BCUT2D eigenvalue weighted by Gasteiger charge is -2.16. The maximum absolute atomic E-state index is 10.8. The third kappa shape index (κ3) is 8.05. The molecule has 0 saturated carbocycles. The fourth-order valence-corrected chi connectivity index (χ4v) is 1.45. The summed E-state index contributed by atoms with van der Waals surface area (Å²) in [5.41, 5.74) is 5.19. The lowest BCUT2D eigenvalue weighted by atomic mass is 10.1. The minimum atomic E-state index is -0.199. The molecule has 0 aromatic rings. The molecule has 3 nitrogen and oxygen atoms in total. The fourth-order valence-electron chi connectivity index (χ4n) is 1.45. The molecule has 1 amide bonds. The molecule has 0 rings (SSSR count). The number of hydrogen-bond acceptors (Lipinski definition) is 2. The van der Waals surface area contributed by atoms with Crippen molar-refractivity contribution in [3.05, 3.63) is 0 Å². The Morgan fingerprint density at radius 3 is 2.43 bits per heavy atom. The molecule has 0 fully saturated rings. The number of amides is 1. The summed E-state index contributed by atoms with van der Waals surface area (Å²) in [6, 6.07) is 0.291. The van der Waals surface area contributed by atoms with Gasteiger partial charge in [-0.15, -0.1) is 0 Å². The molecule has 0 spiro atoms. The Morgan fingerprint density at radius 1 is 1.29 bits per heavy atom. The highest BCUT2D eigenvalue weighted by molar-refractivity contribution is 5.74. The van der Waals surface area contributed by atoms with Gasteiger partial charge in [-0.3, -0.25) is 4.79 Å². The highest BCUT2D eigenvalue weighted by Gasteiger charge is 2.09. The van der Waals surface area contributed by atoms with Gasteiger partial charge in [0.25, 0.3) is 0 Å². The Hall–Kier alpha value is -0.570. The van der Waals surface area contributed by atoms with Crippen molar-refractivity contribution in [2.45, 2.75) is 58.4 Å². The van der Waals surface area contributed by atoms with E-state index in [4.69, 9.17) is 5.73 Å². The number of unbranched alkanes of at least 4 members (excludes halogenated alkanes) is 2. The standard InChI is InChI=1S/C11H24N2O/c1-3-5-7-10(9-11(12)14)13-8-6-4-2/h10,13H,3-9H2,1-2H3,(H2,12,14)/t10-/m0/s1. The first kappa shape index (κ1) is 13.4. The molecule has 0 heterocycles. The first-order valence-electron chi connectivity index (χ1n) is 5.72. The van der Waals surface area contributed by atoms with Crippen LogP contribution < -0.4 is 11.1 Å². The average molecular weight is 200 g/mol. The van der Waals surface area contributed by atoms with Crippen LogP contribution >= 0.6 is 0 Å². The number of hydrogen-bond donors (Lipinski definition) is 2. The van der Waals surface area contributed by atoms with E-state index >= 15 is 0 Å². The van der Waals surface area contributed by atoms with E-state index in [1.54, 1.807) is 0 Å². The van der Waals surface area contributed by atoms with Crippen LogP contribution in [0.2, 0.25) is 0 Å². The molecule has 0 aromatic heterocycles. The van der Waals surface area contributed by atoms with Crippen molar-refractivity contribution in [2.75, 3.05) is 6.54 Å². The molecule has 3 heteroatoms. The SMILES string of the molecule is CCCCN[C@@H](CCCC)CC(N)=O. The molecule has 84 valence electrons. The third-order valence-electron chi connectivity index (χ3n) is 2.32. The summed E-state index contributed by atoms with van der Waals surface area (Å²) in [5, 5.41) is 3.39. The molecule has 0 aliphatic heterocycles. The molecule has 0 unspecified atom stereocenters. The molecule has 0 aliphatic rings. The highest BCUT2D eigenvalue weighted by Crippen LogP contribution is 2.04. The van der Waals surface area contributed by atoms with Gasteiger partial charge >= 0.3 is 0 Å². The van der Waals surface area contributed by atoms with E-state index in [0.717, 1.165) is 19.4 Å². The summed E-state index contributed by atoms with van der Waals surface area (Å²) < 4.78 is 0. The second kappa shape index (κ2) is 9.00. The van der Waals surface area contributed by atoms with E-state index in [2.05, 4.69) is 19.2 Å². The Balaban J connectivity index is 3.66. The van der Waals surface area contributed by atoms with Gasteiger partial charge in [0, 0.05) is 12.5 Å². The lowest BCUT2D eigenvalue weighted by Crippen LogP contribution is -2.34. The van der Waals surface area contributed by atoms with Crippen LogP contribution in [0.5, 0.6) is 0 Å². The first-order chi connectivity index (χ1) is 6.70. The zero-order valence-electron chi connectivity index (χ0n) is 9.51. The molecule has 0 aliphatic carbocycles. The smallest absolute Gasteiger partial charge is 0.218 e. The fraction of sp³-hybridized carbons (Fsp3) is 0.909. The second-order valence-corrected chi connectivity index (χ2v) is 3.82. The van der Waals surface area contributed by atoms with Crippen molar-refractivity contribution in [1.29, 1.82) is 0 Å². The van der Waals surface area contributed by atoms with Gasteiger partial charge in [-0.25, -0.2) is 0 Å². The molecule has 1 atom stereocenters. The minimum Gasteiger partial charge on any atom is -0.370 e. The zero-order valence-corrected chi connectivity index (χ0v) is 9.51. The molecular formula is C11H24N2O. The summed E-state index contributed by atoms with van der Waals surface area (Å²) >= 11 is 0. The summed E-state index contributed by atoms with van der Waals surface area (Å²) in [7, 11) is 0. The van der Waals surface area contributed by atoms with Gasteiger partial charge in [0.15, 0.2) is 0 Å². The number of rotatable bonds is 9. The predicted octanol–water partition coefficient (Wildman–Crippen LogP) is 1.81. The summed E-state index contributed by atoms with van der Waals surface area (Å²) in [5.74, 6) is -0.199. The number of carbonyl (C=O) groups excluding carboxylic acids is 1. The molecule has 0 bridgehead atoms. The molecule has 3 N–H and O–H groups in total. The van der Waals surface area contributed by atoms with Crippen LogP contribution in [0.25, 0.3) is 0 Å². The topological polar surface area (TPSA) is 55.1 Å². The lowest BCUT2D eigenvalue weighted by molar-refractivity contribution is -0.118. The van der Waals surface area contributed by atoms with Crippen molar-refractivity contribution in [3.63, 3.8) is 0 Å². The summed E-state index contributed by atoms with van der Waals surface area (Å²) in [6.45, 7) is 5.32. The third-order valence-corrected chi connectivity index (χ3v) is 2.32. The van der Waals surface area contributed by atoms with Gasteiger partial charge in [-0.1, -0.05) is 33.1 Å². The van der Waals surface area contributed by atoms with Gasteiger partial charge in [-0.2, -0.15) is 0 Å². The van der Waals surface area contributed by atoms with Crippen molar-refractivity contribution in [2.24, 2.45) is 5.73 Å². The van der Waals surface area contributed by atoms with Crippen molar-refractivity contribution >= 4 is 5.91 Å². The maximum Gasteiger partial charge on any atom is 0.218 e. The van der Waals surface area contributed by atoms with Crippen molar-refractivity contribution in [1.82, 2.24) is 5.32 Å². The number of carbonyl (C=O) groups is 1. The van der Waals surface area contributed by atoms with Gasteiger partial charge in [0.2, 0.25) is 5.91 Å². The van der Waals surface area contributed by atoms with E-state index in [-0.39, 0.29) is 5.91 Å². The largest absolute Gasteiger partial charge is 0.370 e. The first-order valence-corrected chi connectivity index (χ1v) is 5.72. The molecule has 0 radical (unpaired) electrons. The minimum absolute atomic E-state index is 0.199. The van der Waals surface area contributed by atoms with E-state index in [1.807, 2.05) is 0 Å². The molecule has 0 aromatic carbocycles. The van der Waals surface area contributed by atoms with Gasteiger partial charge in [-0.05, 0) is 19.4 Å². The number of nitrogens with one attached hydrogen (secondary N) is 1. The van der Waals surface area contributed by atoms with Crippen molar-refractivity contribution < 1.29 is 4.79 Å². The quantitative estimate of drug-likeness (QED) is 0.558.